The minimum Gasteiger partial charge on any atom is -0.338 e. The van der Waals surface area contributed by atoms with Crippen molar-refractivity contribution in [3.8, 4) is 0 Å². The number of nitrogens with two attached hydrogens (primary N) is 1. The van der Waals surface area contributed by atoms with Crippen LogP contribution >= 0.6 is 0 Å². The van der Waals surface area contributed by atoms with Crippen molar-refractivity contribution in [3.05, 3.63) is 0 Å². The van der Waals surface area contributed by atoms with Gasteiger partial charge in [0.1, 0.15) is 0 Å². The van der Waals surface area contributed by atoms with Gasteiger partial charge in [-0.15, -0.1) is 0 Å². The van der Waals surface area contributed by atoms with Crippen LogP contribution in [0.25, 0.3) is 0 Å². The van der Waals surface area contributed by atoms with Gasteiger partial charge < -0.3 is 10.6 Å². The predicted molar refractivity (Wildman–Crippen MR) is 37.3 cm³/mol. The van der Waals surface area contributed by atoms with Crippen molar-refractivity contribution in [1.82, 2.24) is 4.90 Å². The minimum atomic E-state index is 0.280. The van der Waals surface area contributed by atoms with Crippen molar-refractivity contribution < 1.29 is 4.79 Å². The molecule has 0 aromatic carbocycles. The molecule has 2 unspecified atom stereocenters. The maximum atomic E-state index is 11.1. The van der Waals surface area contributed by atoms with Gasteiger partial charge in [0.2, 0.25) is 5.91 Å². The molecule has 2 aliphatic rings. The van der Waals surface area contributed by atoms with E-state index in [9.17, 15) is 4.79 Å². The Morgan fingerprint density at radius 1 is 1.60 bits per heavy atom. The summed E-state index contributed by atoms with van der Waals surface area (Å²) in [5.41, 5.74) is 5.61. The lowest BCUT2D eigenvalue weighted by Crippen LogP contribution is -2.30. The smallest absolute Gasteiger partial charge is 0.222 e. The largest absolute Gasteiger partial charge is 0.338 e. The molecule has 2 atom stereocenters. The first-order valence-corrected chi connectivity index (χ1v) is 3.84. The summed E-state index contributed by atoms with van der Waals surface area (Å²) in [7, 11) is 0. The zero-order valence-electron chi connectivity index (χ0n) is 5.92. The second kappa shape index (κ2) is 1.95. The molecule has 0 bridgehead atoms. The third-order valence-corrected chi connectivity index (χ3v) is 2.32. The van der Waals surface area contributed by atoms with Crippen LogP contribution in [0.1, 0.15) is 19.3 Å². The van der Waals surface area contributed by atoms with Crippen molar-refractivity contribution in [1.29, 1.82) is 0 Å². The molecule has 0 aromatic heterocycles. The molecular weight excluding hydrogens is 128 g/mol. The van der Waals surface area contributed by atoms with Gasteiger partial charge >= 0.3 is 0 Å². The van der Waals surface area contributed by atoms with Crippen LogP contribution < -0.4 is 5.73 Å². The summed E-state index contributed by atoms with van der Waals surface area (Å²) in [6.07, 6.45) is 2.79. The summed E-state index contributed by atoms with van der Waals surface area (Å²) in [6, 6.07) is 0.678. The molecule has 3 heteroatoms. The fraction of sp³-hybridized carbons (Fsp3) is 0.857. The first-order chi connectivity index (χ1) is 4.79. The van der Waals surface area contributed by atoms with E-state index in [1.54, 1.807) is 0 Å². The van der Waals surface area contributed by atoms with Gasteiger partial charge in [-0.25, -0.2) is 0 Å². The maximum Gasteiger partial charge on any atom is 0.222 e. The lowest BCUT2D eigenvalue weighted by Gasteiger charge is -2.13. The SMILES string of the molecule is NC1CC1N1CCCC1=O. The monoisotopic (exact) mass is 140 g/mol. The van der Waals surface area contributed by atoms with Crippen LogP contribution in [0.15, 0.2) is 0 Å². The van der Waals surface area contributed by atoms with Gasteiger partial charge in [0.25, 0.3) is 0 Å². The van der Waals surface area contributed by atoms with E-state index in [-0.39, 0.29) is 6.04 Å². The number of amides is 1. The summed E-state index contributed by atoms with van der Waals surface area (Å²) in [4.78, 5) is 13.0. The van der Waals surface area contributed by atoms with Crippen LogP contribution in [-0.2, 0) is 4.79 Å². The zero-order chi connectivity index (χ0) is 7.14. The molecule has 1 saturated carbocycles. The molecule has 1 aliphatic carbocycles. The Hall–Kier alpha value is -0.570. The number of carbonyl (C=O) groups excluding carboxylic acids is 1. The van der Waals surface area contributed by atoms with Crippen LogP contribution in [-0.4, -0.2) is 29.4 Å². The van der Waals surface area contributed by atoms with Crippen LogP contribution in [0.2, 0.25) is 0 Å². The van der Waals surface area contributed by atoms with Crippen molar-refractivity contribution in [2.45, 2.75) is 31.3 Å². The summed E-state index contributed by atoms with van der Waals surface area (Å²) >= 11 is 0. The molecule has 0 spiro atoms. The number of hydrogen-bond acceptors (Lipinski definition) is 2. The summed E-state index contributed by atoms with van der Waals surface area (Å²) in [5, 5.41) is 0. The molecule has 2 rings (SSSR count). The minimum absolute atomic E-state index is 0.280. The molecule has 0 radical (unpaired) electrons. The van der Waals surface area contributed by atoms with Gasteiger partial charge in [-0.2, -0.15) is 0 Å². The first-order valence-electron chi connectivity index (χ1n) is 3.84. The normalized spacial score (nSPS) is 38.9. The van der Waals surface area contributed by atoms with Crippen LogP contribution in [0.4, 0.5) is 0 Å². The summed E-state index contributed by atoms with van der Waals surface area (Å²) < 4.78 is 0. The van der Waals surface area contributed by atoms with Gasteiger partial charge in [-0.1, -0.05) is 0 Å². The van der Waals surface area contributed by atoms with Crippen molar-refractivity contribution in [2.75, 3.05) is 6.54 Å². The first kappa shape index (κ1) is 6.16. The average molecular weight is 140 g/mol. The molecule has 10 heavy (non-hydrogen) atoms. The maximum absolute atomic E-state index is 11.1. The molecule has 2 N–H and O–H groups in total. The highest BCUT2D eigenvalue weighted by atomic mass is 16.2. The Balaban J connectivity index is 1.98. The number of likely N-dealkylation sites (tertiary alicyclic amines) is 1. The molecule has 1 aliphatic heterocycles. The highest BCUT2D eigenvalue weighted by Crippen LogP contribution is 2.29. The van der Waals surface area contributed by atoms with Crippen LogP contribution in [0.5, 0.6) is 0 Å². The van der Waals surface area contributed by atoms with Gasteiger partial charge in [0.15, 0.2) is 0 Å². The average Bonchev–Trinajstić information content (AvgIpc) is 2.42. The van der Waals surface area contributed by atoms with Gasteiger partial charge in [-0.3, -0.25) is 4.79 Å². The second-order valence-electron chi connectivity index (χ2n) is 3.16. The fourth-order valence-electron chi connectivity index (χ4n) is 1.58. The van der Waals surface area contributed by atoms with Crippen LogP contribution in [0, 0.1) is 0 Å². The van der Waals surface area contributed by atoms with Crippen molar-refractivity contribution in [2.24, 2.45) is 5.73 Å². The van der Waals surface area contributed by atoms with Gasteiger partial charge in [0, 0.05) is 25.0 Å². The second-order valence-corrected chi connectivity index (χ2v) is 3.16. The summed E-state index contributed by atoms with van der Waals surface area (Å²) in [6.45, 7) is 0.942. The van der Waals surface area contributed by atoms with Crippen molar-refractivity contribution >= 4 is 5.91 Å². The Bertz CT molecular complexity index is 169. The molecule has 0 aromatic rings. The Morgan fingerprint density at radius 3 is 2.70 bits per heavy atom. The van der Waals surface area contributed by atoms with E-state index < -0.39 is 0 Å². The predicted octanol–water partition coefficient (Wildman–Crippen LogP) is -0.292. The standard InChI is InChI=1S/C7H12N2O/c8-5-4-6(5)9-3-1-2-7(9)10/h5-6H,1-4,8H2. The molecule has 1 saturated heterocycles. The Kier molecular flexibility index (Phi) is 1.20. The molecular formula is C7H12N2O. The van der Waals surface area contributed by atoms with Crippen molar-refractivity contribution in [3.63, 3.8) is 0 Å². The molecule has 2 fully saturated rings. The summed E-state index contributed by atoms with van der Waals surface area (Å²) in [5.74, 6) is 0.304. The zero-order valence-corrected chi connectivity index (χ0v) is 5.92. The van der Waals surface area contributed by atoms with E-state index in [4.69, 9.17) is 5.73 Å². The topological polar surface area (TPSA) is 46.3 Å². The van der Waals surface area contributed by atoms with E-state index in [1.807, 2.05) is 4.90 Å². The van der Waals surface area contributed by atoms with E-state index >= 15 is 0 Å². The van der Waals surface area contributed by atoms with E-state index in [0.717, 1.165) is 25.8 Å². The lowest BCUT2D eigenvalue weighted by molar-refractivity contribution is -0.128. The Morgan fingerprint density at radius 2 is 2.30 bits per heavy atom. The Labute approximate surface area is 60.2 Å². The number of rotatable bonds is 1. The number of hydrogen-bond donors (Lipinski definition) is 1. The van der Waals surface area contributed by atoms with Gasteiger partial charge in [-0.05, 0) is 12.8 Å². The lowest BCUT2D eigenvalue weighted by atomic mass is 10.4. The highest BCUT2D eigenvalue weighted by Gasteiger charge is 2.42. The fourth-order valence-corrected chi connectivity index (χ4v) is 1.58. The molecule has 1 heterocycles. The number of carbonyl (C=O) groups is 1. The van der Waals surface area contributed by atoms with Crippen LogP contribution in [0.3, 0.4) is 0 Å². The molecule has 56 valence electrons. The quantitative estimate of drug-likeness (QED) is 0.544. The van der Waals surface area contributed by atoms with Gasteiger partial charge in [0.05, 0.1) is 0 Å². The highest BCUT2D eigenvalue weighted by molar-refractivity contribution is 5.78. The van der Waals surface area contributed by atoms with E-state index in [0.29, 0.717) is 11.9 Å². The third-order valence-electron chi connectivity index (χ3n) is 2.32. The third kappa shape index (κ3) is 0.814. The molecule has 1 amide bonds. The van der Waals surface area contributed by atoms with E-state index in [2.05, 4.69) is 0 Å². The number of nitrogens with zero attached hydrogens (tertiary/aromatic N) is 1. The molecule has 3 nitrogen and oxygen atoms in total. The van der Waals surface area contributed by atoms with E-state index in [1.165, 1.54) is 0 Å².